The third kappa shape index (κ3) is 3.08. The number of piperidine rings is 1. The van der Waals surface area contributed by atoms with Crippen LogP contribution in [0.25, 0.3) is 0 Å². The first-order valence-corrected chi connectivity index (χ1v) is 10.1. The van der Waals surface area contributed by atoms with Crippen molar-refractivity contribution in [1.82, 2.24) is 20.0 Å². The number of carbonyl (C=O) groups excluding carboxylic acids is 2. The molecule has 1 aromatic heterocycles. The first-order valence-electron chi connectivity index (χ1n) is 10.1. The van der Waals surface area contributed by atoms with Crippen LogP contribution in [0.4, 0.5) is 8.78 Å². The Balaban J connectivity index is 1.32. The number of nitrogens with zero attached hydrogens (tertiary/aromatic N) is 4. The number of carbonyl (C=O) groups is 2. The number of nitrogens with one attached hydrogen (secondary N) is 1. The fourth-order valence-electron chi connectivity index (χ4n) is 4.90. The molecule has 2 unspecified atom stereocenters. The maximum atomic E-state index is 13.7. The molecule has 8 nitrogen and oxygen atoms in total. The standard InChI is InChI=1S/C21H19F2N5O3/c22-14-7-12(8-15(23)9-14)16-1-2-17-28(16)20(30)21(31-17)3-5-27(6-4-21)19(29)18-13(10-24)11-25-26-18/h7-9,11,16-17H,1-6H2,(H,25,26). The van der Waals surface area contributed by atoms with Gasteiger partial charge in [0.05, 0.1) is 12.2 Å². The van der Waals surface area contributed by atoms with Crippen LogP contribution in [-0.2, 0) is 9.53 Å². The van der Waals surface area contributed by atoms with Crippen LogP contribution in [0.15, 0.2) is 24.4 Å². The minimum Gasteiger partial charge on any atom is -0.342 e. The average Bonchev–Trinajstić information content (AvgIpc) is 3.44. The van der Waals surface area contributed by atoms with E-state index in [1.54, 1.807) is 9.80 Å². The van der Waals surface area contributed by atoms with Crippen molar-refractivity contribution in [2.24, 2.45) is 0 Å². The van der Waals surface area contributed by atoms with Crippen molar-refractivity contribution in [1.29, 1.82) is 5.26 Å². The molecular weight excluding hydrogens is 408 g/mol. The molecule has 160 valence electrons. The molecule has 0 saturated carbocycles. The first-order chi connectivity index (χ1) is 14.9. The van der Waals surface area contributed by atoms with E-state index in [2.05, 4.69) is 10.2 Å². The molecule has 1 spiro atoms. The van der Waals surface area contributed by atoms with E-state index in [-0.39, 0.29) is 36.2 Å². The van der Waals surface area contributed by atoms with E-state index in [4.69, 9.17) is 10.00 Å². The molecular formula is C21H19F2N5O3. The van der Waals surface area contributed by atoms with Gasteiger partial charge in [0.25, 0.3) is 11.8 Å². The van der Waals surface area contributed by atoms with Gasteiger partial charge in [-0.05, 0) is 30.5 Å². The molecule has 2 amide bonds. The highest BCUT2D eigenvalue weighted by atomic mass is 19.1. The monoisotopic (exact) mass is 427 g/mol. The van der Waals surface area contributed by atoms with Gasteiger partial charge in [0, 0.05) is 32.0 Å². The largest absolute Gasteiger partial charge is 0.342 e. The fourth-order valence-corrected chi connectivity index (χ4v) is 4.90. The Hall–Kier alpha value is -3.32. The minimum absolute atomic E-state index is 0.130. The van der Waals surface area contributed by atoms with Gasteiger partial charge in [-0.15, -0.1) is 0 Å². The molecule has 5 rings (SSSR count). The van der Waals surface area contributed by atoms with Crippen LogP contribution in [0.2, 0.25) is 0 Å². The summed E-state index contributed by atoms with van der Waals surface area (Å²) in [6, 6.07) is 4.81. The van der Waals surface area contributed by atoms with Crippen LogP contribution in [0.3, 0.4) is 0 Å². The minimum atomic E-state index is -1.04. The number of H-pyrrole nitrogens is 1. The lowest BCUT2D eigenvalue weighted by Gasteiger charge is -2.37. The fraction of sp³-hybridized carbons (Fsp3) is 0.429. The topological polar surface area (TPSA) is 102 Å². The van der Waals surface area contributed by atoms with E-state index in [1.807, 2.05) is 6.07 Å². The molecule has 0 radical (unpaired) electrons. The number of fused-ring (bicyclic) bond motifs is 1. The summed E-state index contributed by atoms with van der Waals surface area (Å²) in [5, 5.41) is 15.4. The van der Waals surface area contributed by atoms with Gasteiger partial charge in [-0.2, -0.15) is 10.4 Å². The maximum Gasteiger partial charge on any atom is 0.273 e. The van der Waals surface area contributed by atoms with Crippen molar-refractivity contribution in [2.45, 2.75) is 43.6 Å². The summed E-state index contributed by atoms with van der Waals surface area (Å²) in [5.41, 5.74) is -0.321. The van der Waals surface area contributed by atoms with E-state index in [0.29, 0.717) is 31.2 Å². The molecule has 31 heavy (non-hydrogen) atoms. The Bertz CT molecular complexity index is 1080. The van der Waals surface area contributed by atoms with E-state index >= 15 is 0 Å². The molecule has 2 aromatic rings. The lowest BCUT2D eigenvalue weighted by atomic mass is 9.89. The highest BCUT2D eigenvalue weighted by Crippen LogP contribution is 2.47. The predicted molar refractivity (Wildman–Crippen MR) is 101 cm³/mol. The number of likely N-dealkylation sites (tertiary alicyclic amines) is 1. The number of rotatable bonds is 2. The summed E-state index contributed by atoms with van der Waals surface area (Å²) in [7, 11) is 0. The molecule has 1 aromatic carbocycles. The van der Waals surface area contributed by atoms with Gasteiger partial charge in [-0.1, -0.05) is 0 Å². The van der Waals surface area contributed by atoms with Gasteiger partial charge < -0.3 is 14.5 Å². The predicted octanol–water partition coefficient (Wildman–Crippen LogP) is 2.25. The molecule has 4 heterocycles. The molecule has 3 aliphatic rings. The number of halogens is 2. The Morgan fingerprint density at radius 2 is 1.94 bits per heavy atom. The summed E-state index contributed by atoms with van der Waals surface area (Å²) >= 11 is 0. The van der Waals surface area contributed by atoms with Gasteiger partial charge in [-0.25, -0.2) is 8.78 Å². The summed E-state index contributed by atoms with van der Waals surface area (Å²) in [4.78, 5) is 29.3. The normalized spacial score (nSPS) is 24.5. The molecule has 3 aliphatic heterocycles. The van der Waals surface area contributed by atoms with Gasteiger partial charge in [0.15, 0.2) is 5.60 Å². The van der Waals surface area contributed by atoms with Crippen molar-refractivity contribution >= 4 is 11.8 Å². The molecule has 1 N–H and O–H groups in total. The van der Waals surface area contributed by atoms with Crippen LogP contribution < -0.4 is 0 Å². The van der Waals surface area contributed by atoms with Crippen LogP contribution in [0.5, 0.6) is 0 Å². The molecule has 10 heteroatoms. The summed E-state index contributed by atoms with van der Waals surface area (Å²) < 4.78 is 33.6. The molecule has 0 bridgehead atoms. The van der Waals surface area contributed by atoms with Crippen molar-refractivity contribution in [3.05, 3.63) is 52.9 Å². The number of hydrogen-bond acceptors (Lipinski definition) is 5. The second-order valence-electron chi connectivity index (χ2n) is 8.14. The quantitative estimate of drug-likeness (QED) is 0.792. The van der Waals surface area contributed by atoms with E-state index < -0.39 is 29.5 Å². The second-order valence-corrected chi connectivity index (χ2v) is 8.14. The van der Waals surface area contributed by atoms with Crippen LogP contribution in [-0.4, -0.2) is 56.7 Å². The number of nitriles is 1. The second kappa shape index (κ2) is 7.13. The Labute approximate surface area is 176 Å². The van der Waals surface area contributed by atoms with Gasteiger partial charge in [0.1, 0.15) is 35.2 Å². The van der Waals surface area contributed by atoms with Crippen LogP contribution in [0, 0.1) is 23.0 Å². The number of ether oxygens (including phenoxy) is 1. The zero-order chi connectivity index (χ0) is 21.8. The Morgan fingerprint density at radius 1 is 1.23 bits per heavy atom. The van der Waals surface area contributed by atoms with Crippen molar-refractivity contribution in [3.8, 4) is 6.07 Å². The highest BCUT2D eigenvalue weighted by molar-refractivity contribution is 5.95. The smallest absolute Gasteiger partial charge is 0.273 e. The van der Waals surface area contributed by atoms with Gasteiger partial charge in [0.2, 0.25) is 0 Å². The number of hydrogen-bond donors (Lipinski definition) is 1. The summed E-state index contributed by atoms with van der Waals surface area (Å²) in [6.45, 7) is 0.572. The van der Waals surface area contributed by atoms with E-state index in [0.717, 1.165) is 6.07 Å². The zero-order valence-corrected chi connectivity index (χ0v) is 16.5. The highest BCUT2D eigenvalue weighted by Gasteiger charge is 2.58. The van der Waals surface area contributed by atoms with Gasteiger partial charge >= 0.3 is 0 Å². The zero-order valence-electron chi connectivity index (χ0n) is 16.5. The third-order valence-corrected chi connectivity index (χ3v) is 6.42. The summed E-state index contributed by atoms with van der Waals surface area (Å²) in [5.74, 6) is -1.90. The van der Waals surface area contributed by atoms with Crippen molar-refractivity contribution < 1.29 is 23.1 Å². The SMILES string of the molecule is N#Cc1cn[nH]c1C(=O)N1CCC2(CC1)OC1CCC(c3cc(F)cc(F)c3)N1C2=O. The number of amides is 2. The number of aromatic nitrogens is 2. The summed E-state index contributed by atoms with van der Waals surface area (Å²) in [6.07, 6.45) is 2.63. The van der Waals surface area contributed by atoms with Crippen LogP contribution in [0.1, 0.15) is 53.3 Å². The number of aromatic amines is 1. The van der Waals surface area contributed by atoms with E-state index in [9.17, 15) is 18.4 Å². The van der Waals surface area contributed by atoms with E-state index in [1.165, 1.54) is 18.3 Å². The lowest BCUT2D eigenvalue weighted by molar-refractivity contribution is -0.142. The molecule has 2 atom stereocenters. The molecule has 3 fully saturated rings. The lowest BCUT2D eigenvalue weighted by Crippen LogP contribution is -2.51. The molecule has 0 aliphatic carbocycles. The van der Waals surface area contributed by atoms with Crippen molar-refractivity contribution in [2.75, 3.05) is 13.1 Å². The maximum absolute atomic E-state index is 13.7. The third-order valence-electron chi connectivity index (χ3n) is 6.42. The molecule has 3 saturated heterocycles. The van der Waals surface area contributed by atoms with Crippen LogP contribution >= 0.6 is 0 Å². The van der Waals surface area contributed by atoms with Gasteiger partial charge in [-0.3, -0.25) is 14.7 Å². The first kappa shape index (κ1) is 19.6. The Kier molecular flexibility index (Phi) is 4.51. The number of benzene rings is 1. The average molecular weight is 427 g/mol. The Morgan fingerprint density at radius 3 is 2.61 bits per heavy atom. The van der Waals surface area contributed by atoms with Crippen molar-refractivity contribution in [3.63, 3.8) is 0 Å².